The molecule has 0 aromatic heterocycles. The van der Waals surface area contributed by atoms with Gasteiger partial charge in [-0.1, -0.05) is 5.92 Å². The Morgan fingerprint density at radius 3 is 2.35 bits per heavy atom. The van der Waals surface area contributed by atoms with Crippen LogP contribution in [-0.2, 0) is 4.74 Å². The van der Waals surface area contributed by atoms with Crippen LogP contribution in [0, 0.1) is 12.3 Å². The van der Waals surface area contributed by atoms with Crippen molar-refractivity contribution < 1.29 is 9.53 Å². The number of hydrogen-bond donors (Lipinski definition) is 1. The molecule has 4 heteroatoms. The summed E-state index contributed by atoms with van der Waals surface area (Å²) in [6.07, 6.45) is 9.36. The quantitative estimate of drug-likeness (QED) is 0.789. The normalized spacial score (nSPS) is 30.8. The molecule has 20 heavy (non-hydrogen) atoms. The zero-order valence-corrected chi connectivity index (χ0v) is 13.0. The maximum absolute atomic E-state index is 12.3. The molecule has 112 valence electrons. The maximum Gasteiger partial charge on any atom is 0.410 e. The van der Waals surface area contributed by atoms with E-state index in [1.165, 1.54) is 0 Å². The zero-order valence-electron chi connectivity index (χ0n) is 13.0. The second-order valence-electron chi connectivity index (χ2n) is 7.00. The third kappa shape index (κ3) is 3.46. The Bertz CT molecular complexity index is 394. The average molecular weight is 278 g/mol. The standard InChI is InChI=1S/C16H26N2O2/c1-6-11(2)17-12-9-13-7-8-14(10-12)18(13)15(19)20-16(3,4)5/h1,11-14,17H,7-10H2,2-5H3. The lowest BCUT2D eigenvalue weighted by atomic mass is 9.97. The van der Waals surface area contributed by atoms with Crippen LogP contribution in [0.4, 0.5) is 4.79 Å². The van der Waals surface area contributed by atoms with Gasteiger partial charge in [-0.3, -0.25) is 0 Å². The van der Waals surface area contributed by atoms with Gasteiger partial charge < -0.3 is 15.0 Å². The first-order chi connectivity index (χ1) is 9.30. The Labute approximate surface area is 122 Å². The zero-order chi connectivity index (χ0) is 14.9. The minimum atomic E-state index is -0.427. The van der Waals surface area contributed by atoms with Crippen LogP contribution in [0.2, 0.25) is 0 Å². The van der Waals surface area contributed by atoms with Gasteiger partial charge in [-0.05, 0) is 53.4 Å². The molecule has 1 N–H and O–H groups in total. The highest BCUT2D eigenvalue weighted by Gasteiger charge is 2.44. The highest BCUT2D eigenvalue weighted by molar-refractivity contribution is 5.69. The van der Waals surface area contributed by atoms with E-state index in [1.54, 1.807) is 0 Å². The number of rotatable bonds is 2. The first-order valence-corrected chi connectivity index (χ1v) is 7.53. The van der Waals surface area contributed by atoms with Crippen molar-refractivity contribution in [3.8, 4) is 12.3 Å². The molecule has 2 fully saturated rings. The monoisotopic (exact) mass is 278 g/mol. The number of ether oxygens (including phenoxy) is 1. The highest BCUT2D eigenvalue weighted by atomic mass is 16.6. The van der Waals surface area contributed by atoms with Crippen molar-refractivity contribution >= 4 is 6.09 Å². The predicted octanol–water partition coefficient (Wildman–Crippen LogP) is 2.53. The number of nitrogens with one attached hydrogen (secondary N) is 1. The fraction of sp³-hybridized carbons (Fsp3) is 0.812. The third-order valence-electron chi connectivity index (χ3n) is 4.07. The topological polar surface area (TPSA) is 41.6 Å². The van der Waals surface area contributed by atoms with Gasteiger partial charge in [0.25, 0.3) is 0 Å². The second kappa shape index (κ2) is 5.65. The maximum atomic E-state index is 12.3. The lowest BCUT2D eigenvalue weighted by Crippen LogP contribution is -2.53. The number of fused-ring (bicyclic) bond motifs is 2. The van der Waals surface area contributed by atoms with E-state index in [4.69, 9.17) is 11.2 Å². The van der Waals surface area contributed by atoms with Crippen LogP contribution in [0.3, 0.4) is 0 Å². The summed E-state index contributed by atoms with van der Waals surface area (Å²) in [5.41, 5.74) is -0.427. The minimum absolute atomic E-state index is 0.0903. The number of carbonyl (C=O) groups is 1. The molecule has 2 saturated heterocycles. The van der Waals surface area contributed by atoms with Crippen molar-refractivity contribution in [3.05, 3.63) is 0 Å². The Balaban J connectivity index is 1.97. The largest absolute Gasteiger partial charge is 0.444 e. The molecule has 2 bridgehead atoms. The van der Waals surface area contributed by atoms with E-state index < -0.39 is 5.60 Å². The summed E-state index contributed by atoms with van der Waals surface area (Å²) >= 11 is 0. The highest BCUT2D eigenvalue weighted by Crippen LogP contribution is 2.36. The van der Waals surface area contributed by atoms with E-state index in [2.05, 4.69) is 11.2 Å². The lowest BCUT2D eigenvalue weighted by Gasteiger charge is -2.40. The van der Waals surface area contributed by atoms with Gasteiger partial charge in [0.2, 0.25) is 0 Å². The summed E-state index contributed by atoms with van der Waals surface area (Å²) in [4.78, 5) is 14.3. The average Bonchev–Trinajstić information content (AvgIpc) is 2.59. The van der Waals surface area contributed by atoms with Crippen LogP contribution in [0.5, 0.6) is 0 Å². The molecule has 0 radical (unpaired) electrons. The molecule has 0 saturated carbocycles. The first kappa shape index (κ1) is 15.2. The molecular formula is C16H26N2O2. The summed E-state index contributed by atoms with van der Waals surface area (Å²) in [6, 6.07) is 1.10. The van der Waals surface area contributed by atoms with E-state index in [1.807, 2.05) is 32.6 Å². The van der Waals surface area contributed by atoms with Crippen molar-refractivity contribution in [1.29, 1.82) is 0 Å². The van der Waals surface area contributed by atoms with Gasteiger partial charge in [0.1, 0.15) is 5.60 Å². The van der Waals surface area contributed by atoms with Crippen LogP contribution in [-0.4, -0.2) is 40.8 Å². The molecule has 2 aliphatic rings. The molecule has 3 atom stereocenters. The molecule has 0 aromatic rings. The van der Waals surface area contributed by atoms with E-state index in [-0.39, 0.29) is 12.1 Å². The number of amides is 1. The van der Waals surface area contributed by atoms with E-state index in [9.17, 15) is 4.79 Å². The van der Waals surface area contributed by atoms with Gasteiger partial charge >= 0.3 is 6.09 Å². The van der Waals surface area contributed by atoms with E-state index in [0.29, 0.717) is 18.1 Å². The van der Waals surface area contributed by atoms with Crippen molar-refractivity contribution in [2.24, 2.45) is 0 Å². The van der Waals surface area contributed by atoms with Gasteiger partial charge in [0.05, 0.1) is 6.04 Å². The van der Waals surface area contributed by atoms with Crippen molar-refractivity contribution in [2.45, 2.75) is 83.1 Å². The molecular weight excluding hydrogens is 252 g/mol. The van der Waals surface area contributed by atoms with E-state index >= 15 is 0 Å². The van der Waals surface area contributed by atoms with Gasteiger partial charge in [-0.15, -0.1) is 6.42 Å². The van der Waals surface area contributed by atoms with Crippen LogP contribution in [0.1, 0.15) is 53.4 Å². The summed E-state index contributed by atoms with van der Waals surface area (Å²) in [5, 5.41) is 3.46. The summed E-state index contributed by atoms with van der Waals surface area (Å²) in [5.74, 6) is 2.71. The number of terminal acetylenes is 1. The SMILES string of the molecule is C#CC(C)NC1CC2CCC(C1)N2C(=O)OC(C)(C)C. The molecule has 3 unspecified atom stereocenters. The number of carbonyl (C=O) groups excluding carboxylic acids is 1. The molecule has 0 aliphatic carbocycles. The van der Waals surface area contributed by atoms with Gasteiger partial charge in [0.15, 0.2) is 0 Å². The number of hydrogen-bond acceptors (Lipinski definition) is 3. The first-order valence-electron chi connectivity index (χ1n) is 7.53. The molecule has 2 heterocycles. The summed E-state index contributed by atoms with van der Waals surface area (Å²) < 4.78 is 5.53. The van der Waals surface area contributed by atoms with Crippen molar-refractivity contribution in [3.63, 3.8) is 0 Å². The Kier molecular flexibility index (Phi) is 4.29. The van der Waals surface area contributed by atoms with E-state index in [0.717, 1.165) is 25.7 Å². The number of nitrogens with zero attached hydrogens (tertiary/aromatic N) is 1. The van der Waals surface area contributed by atoms with Crippen LogP contribution < -0.4 is 5.32 Å². The molecule has 1 amide bonds. The smallest absolute Gasteiger partial charge is 0.410 e. The van der Waals surface area contributed by atoms with Gasteiger partial charge in [-0.25, -0.2) is 4.79 Å². The molecule has 2 rings (SSSR count). The predicted molar refractivity (Wildman–Crippen MR) is 79.3 cm³/mol. The second-order valence-corrected chi connectivity index (χ2v) is 7.00. The van der Waals surface area contributed by atoms with Crippen LogP contribution in [0.15, 0.2) is 0 Å². The molecule has 4 nitrogen and oxygen atoms in total. The Morgan fingerprint density at radius 1 is 1.35 bits per heavy atom. The lowest BCUT2D eigenvalue weighted by molar-refractivity contribution is 0.00460. The van der Waals surface area contributed by atoms with Gasteiger partial charge in [0, 0.05) is 18.1 Å². The molecule has 2 aliphatic heterocycles. The fourth-order valence-electron chi connectivity index (χ4n) is 3.33. The Hall–Kier alpha value is -1.21. The molecule has 0 spiro atoms. The summed E-state index contributed by atoms with van der Waals surface area (Å²) in [6.45, 7) is 7.74. The Morgan fingerprint density at radius 2 is 1.90 bits per heavy atom. The van der Waals surface area contributed by atoms with Crippen molar-refractivity contribution in [2.75, 3.05) is 0 Å². The minimum Gasteiger partial charge on any atom is -0.444 e. The number of piperidine rings is 1. The summed E-state index contributed by atoms with van der Waals surface area (Å²) in [7, 11) is 0. The van der Waals surface area contributed by atoms with Crippen LogP contribution >= 0.6 is 0 Å². The fourth-order valence-corrected chi connectivity index (χ4v) is 3.33. The van der Waals surface area contributed by atoms with Crippen LogP contribution in [0.25, 0.3) is 0 Å². The molecule has 0 aromatic carbocycles. The van der Waals surface area contributed by atoms with Crippen molar-refractivity contribution in [1.82, 2.24) is 10.2 Å². The van der Waals surface area contributed by atoms with Gasteiger partial charge in [-0.2, -0.15) is 0 Å². The third-order valence-corrected chi connectivity index (χ3v) is 4.07.